The number of nitrogens with two attached hydrogens (primary N) is 1. The highest BCUT2D eigenvalue weighted by Gasteiger charge is 2.36. The number of rotatable bonds is 12. The van der Waals surface area contributed by atoms with Crippen molar-refractivity contribution in [3.8, 4) is 5.75 Å². The Bertz CT molecular complexity index is 981. The summed E-state index contributed by atoms with van der Waals surface area (Å²) in [7, 11) is -3.99. The summed E-state index contributed by atoms with van der Waals surface area (Å²) in [6.45, 7) is 2.13. The molecule has 0 radical (unpaired) electrons. The molecular formula is C23H33FN2O6S. The van der Waals surface area contributed by atoms with Crippen LogP contribution in [0.15, 0.2) is 18.2 Å². The first-order valence-electron chi connectivity index (χ1n) is 11.5. The van der Waals surface area contributed by atoms with Gasteiger partial charge in [-0.05, 0) is 68.6 Å². The number of carbonyl (C=O) groups excluding carboxylic acids is 2. The van der Waals surface area contributed by atoms with Gasteiger partial charge in [0.1, 0.15) is 0 Å². The minimum Gasteiger partial charge on any atom is -0.490 e. The fourth-order valence-electron chi connectivity index (χ4n) is 4.23. The lowest BCUT2D eigenvalue weighted by atomic mass is 9.85. The Hall–Kier alpha value is -2.04. The van der Waals surface area contributed by atoms with E-state index in [4.69, 9.17) is 9.88 Å². The molecule has 4 N–H and O–H groups in total. The summed E-state index contributed by atoms with van der Waals surface area (Å²) < 4.78 is 44.4. The molecule has 3 rings (SSSR count). The van der Waals surface area contributed by atoms with Crippen LogP contribution in [0.2, 0.25) is 0 Å². The first kappa shape index (κ1) is 25.6. The maximum atomic E-state index is 14.2. The molecule has 2 fully saturated rings. The van der Waals surface area contributed by atoms with Gasteiger partial charge in [0.15, 0.2) is 11.6 Å². The summed E-state index contributed by atoms with van der Waals surface area (Å²) in [6, 6.07) is 4.09. The normalized spacial score (nSPS) is 21.9. The number of primary sulfonamides is 1. The molecular weight excluding hydrogens is 451 g/mol. The van der Waals surface area contributed by atoms with Crippen molar-refractivity contribution in [2.24, 2.45) is 17.0 Å². The van der Waals surface area contributed by atoms with E-state index in [9.17, 15) is 27.5 Å². The van der Waals surface area contributed by atoms with Gasteiger partial charge in [-0.15, -0.1) is 0 Å². The molecule has 1 saturated heterocycles. The van der Waals surface area contributed by atoms with E-state index >= 15 is 0 Å². The molecule has 10 heteroatoms. The van der Waals surface area contributed by atoms with E-state index in [0.717, 1.165) is 12.8 Å². The van der Waals surface area contributed by atoms with Crippen molar-refractivity contribution >= 4 is 21.8 Å². The van der Waals surface area contributed by atoms with Crippen LogP contribution >= 0.6 is 0 Å². The molecule has 1 heterocycles. The first-order valence-corrected chi connectivity index (χ1v) is 13.1. The highest BCUT2D eigenvalue weighted by atomic mass is 32.2. The van der Waals surface area contributed by atoms with E-state index < -0.39 is 26.7 Å². The topological polar surface area (TPSA) is 136 Å². The molecule has 33 heavy (non-hydrogen) atoms. The number of hydrogen-bond donors (Lipinski definition) is 3. The fourth-order valence-corrected chi connectivity index (χ4v) is 5.23. The van der Waals surface area contributed by atoms with Crippen LogP contribution in [-0.4, -0.2) is 37.2 Å². The predicted molar refractivity (Wildman–Crippen MR) is 120 cm³/mol. The van der Waals surface area contributed by atoms with Gasteiger partial charge in [0, 0.05) is 12.3 Å². The number of ether oxygens (including phenoxy) is 1. The highest BCUT2D eigenvalue weighted by molar-refractivity contribution is 7.89. The molecule has 1 aromatic rings. The monoisotopic (exact) mass is 484 g/mol. The molecule has 8 nitrogen and oxygen atoms in total. The zero-order valence-electron chi connectivity index (χ0n) is 18.9. The smallest absolute Gasteiger partial charge is 0.229 e. The Morgan fingerprint density at radius 2 is 2.03 bits per heavy atom. The maximum absolute atomic E-state index is 14.2. The van der Waals surface area contributed by atoms with E-state index in [1.807, 2.05) is 0 Å². The number of hydrogen-bond acceptors (Lipinski definition) is 6. The molecule has 2 aliphatic rings. The van der Waals surface area contributed by atoms with Gasteiger partial charge < -0.3 is 9.84 Å². The SMILES string of the molecule is CC[C@](O)(CC(CCCC1CCC(=O)NC1=O)S(N)(=O)=O)c1ccc(F)c(OCC2CC2)c1. The number of aliphatic hydroxyl groups is 1. The Labute approximate surface area is 194 Å². The zero-order valence-corrected chi connectivity index (χ0v) is 19.7. The lowest BCUT2D eigenvalue weighted by molar-refractivity contribution is -0.136. The van der Waals surface area contributed by atoms with Gasteiger partial charge in [0.25, 0.3) is 0 Å². The summed E-state index contributed by atoms with van der Waals surface area (Å²) in [4.78, 5) is 23.2. The van der Waals surface area contributed by atoms with Gasteiger partial charge in [0.2, 0.25) is 21.8 Å². The highest BCUT2D eigenvalue weighted by Crippen LogP contribution is 2.37. The van der Waals surface area contributed by atoms with Gasteiger partial charge in [0.05, 0.1) is 17.5 Å². The average molecular weight is 485 g/mol. The van der Waals surface area contributed by atoms with Crippen molar-refractivity contribution in [2.75, 3.05) is 6.61 Å². The largest absolute Gasteiger partial charge is 0.490 e. The van der Waals surface area contributed by atoms with Crippen LogP contribution in [0.5, 0.6) is 5.75 Å². The van der Waals surface area contributed by atoms with Crippen molar-refractivity contribution in [2.45, 2.75) is 75.6 Å². The second-order valence-electron chi connectivity index (χ2n) is 9.28. The molecule has 1 aliphatic carbocycles. The van der Waals surface area contributed by atoms with Crippen molar-refractivity contribution in [3.63, 3.8) is 0 Å². The second-order valence-corrected chi connectivity index (χ2v) is 11.1. The lowest BCUT2D eigenvalue weighted by Gasteiger charge is -2.31. The molecule has 2 unspecified atom stereocenters. The third-order valence-electron chi connectivity index (χ3n) is 6.69. The number of piperidine rings is 1. The predicted octanol–water partition coefficient (Wildman–Crippen LogP) is 2.48. The molecule has 1 aromatic carbocycles. The van der Waals surface area contributed by atoms with Gasteiger partial charge in [-0.1, -0.05) is 19.4 Å². The van der Waals surface area contributed by atoms with Crippen LogP contribution in [0.3, 0.4) is 0 Å². The second kappa shape index (κ2) is 10.5. The standard InChI is InChI=1S/C23H33FN2O6S/c1-2-23(29,17-9-10-19(24)20(12-17)32-14-15-6-7-15)13-18(33(25,30)31)5-3-4-16-8-11-21(27)26-22(16)28/h9-10,12,15-16,18,29H,2-8,11,13-14H2,1H3,(H2,25,30,31)(H,26,27,28)/t16?,18?,23-/m0/s1. The summed E-state index contributed by atoms with van der Waals surface area (Å²) in [6.07, 6.45) is 3.81. The van der Waals surface area contributed by atoms with Gasteiger partial charge in [-0.25, -0.2) is 17.9 Å². The molecule has 184 valence electrons. The Morgan fingerprint density at radius 3 is 2.64 bits per heavy atom. The van der Waals surface area contributed by atoms with Crippen molar-refractivity contribution in [1.29, 1.82) is 0 Å². The van der Waals surface area contributed by atoms with E-state index in [-0.39, 0.29) is 49.2 Å². The maximum Gasteiger partial charge on any atom is 0.229 e. The van der Waals surface area contributed by atoms with E-state index in [0.29, 0.717) is 37.4 Å². The average Bonchev–Trinajstić information content (AvgIpc) is 3.57. The molecule has 0 aromatic heterocycles. The molecule has 3 atom stereocenters. The van der Waals surface area contributed by atoms with Crippen LogP contribution in [0, 0.1) is 17.7 Å². The van der Waals surface area contributed by atoms with Crippen LogP contribution in [-0.2, 0) is 25.2 Å². The number of carbonyl (C=O) groups is 2. The Balaban J connectivity index is 1.69. The zero-order chi connectivity index (χ0) is 24.2. The quantitative estimate of drug-likeness (QED) is 0.390. The number of halogens is 1. The van der Waals surface area contributed by atoms with Crippen LogP contribution in [0.4, 0.5) is 4.39 Å². The number of sulfonamides is 1. The summed E-state index contributed by atoms with van der Waals surface area (Å²) in [5.74, 6) is -1.06. The minimum absolute atomic E-state index is 0.0382. The summed E-state index contributed by atoms with van der Waals surface area (Å²) >= 11 is 0. The molecule has 0 bridgehead atoms. The van der Waals surface area contributed by atoms with Crippen LogP contribution in [0.25, 0.3) is 0 Å². The van der Waals surface area contributed by atoms with Crippen molar-refractivity contribution < 1.29 is 32.2 Å². The number of amides is 2. The molecule has 0 spiro atoms. The fraction of sp³-hybridized carbons (Fsp3) is 0.652. The Kier molecular flexibility index (Phi) is 8.13. The number of nitrogens with one attached hydrogen (secondary N) is 1. The first-order chi connectivity index (χ1) is 15.5. The van der Waals surface area contributed by atoms with E-state index in [2.05, 4.69) is 5.32 Å². The lowest BCUT2D eigenvalue weighted by Crippen LogP contribution is -2.41. The molecule has 1 aliphatic heterocycles. The Morgan fingerprint density at radius 1 is 1.30 bits per heavy atom. The third-order valence-corrected chi connectivity index (χ3v) is 8.02. The number of imide groups is 1. The summed E-state index contributed by atoms with van der Waals surface area (Å²) in [5.41, 5.74) is -1.17. The van der Waals surface area contributed by atoms with Gasteiger partial charge >= 0.3 is 0 Å². The van der Waals surface area contributed by atoms with Crippen molar-refractivity contribution in [3.05, 3.63) is 29.6 Å². The third kappa shape index (κ3) is 6.97. The summed E-state index contributed by atoms with van der Waals surface area (Å²) in [5, 5.41) is 18.1. The van der Waals surface area contributed by atoms with Gasteiger partial charge in [-0.3, -0.25) is 14.9 Å². The molecule has 2 amide bonds. The van der Waals surface area contributed by atoms with E-state index in [1.165, 1.54) is 18.2 Å². The van der Waals surface area contributed by atoms with Crippen LogP contribution in [0.1, 0.15) is 70.3 Å². The molecule has 1 saturated carbocycles. The van der Waals surface area contributed by atoms with Crippen LogP contribution < -0.4 is 15.2 Å². The van der Waals surface area contributed by atoms with Crippen molar-refractivity contribution in [1.82, 2.24) is 5.32 Å². The number of benzene rings is 1. The minimum atomic E-state index is -3.99. The van der Waals surface area contributed by atoms with E-state index in [1.54, 1.807) is 6.92 Å². The van der Waals surface area contributed by atoms with Gasteiger partial charge in [-0.2, -0.15) is 0 Å².